The van der Waals surface area contributed by atoms with Crippen LogP contribution in [-0.2, 0) is 19.1 Å². The summed E-state index contributed by atoms with van der Waals surface area (Å²) in [4.78, 5) is 40.2. The monoisotopic (exact) mass is 471 g/mol. The van der Waals surface area contributed by atoms with Gasteiger partial charge in [-0.15, -0.1) is 0 Å². The fraction of sp³-hybridized carbons (Fsp3) is 0.238. The number of benzene rings is 2. The Morgan fingerprint density at radius 3 is 2.27 bits per heavy atom. The van der Waals surface area contributed by atoms with Crippen molar-refractivity contribution < 1.29 is 23.9 Å². The third-order valence-electron chi connectivity index (χ3n) is 4.96. The van der Waals surface area contributed by atoms with E-state index in [9.17, 15) is 14.4 Å². The van der Waals surface area contributed by atoms with Crippen molar-refractivity contribution >= 4 is 50.8 Å². The number of anilines is 2. The minimum absolute atomic E-state index is 0.0735. The van der Waals surface area contributed by atoms with Gasteiger partial charge in [0.1, 0.15) is 17.7 Å². The lowest BCUT2D eigenvalue weighted by Gasteiger charge is -2.22. The van der Waals surface area contributed by atoms with Crippen LogP contribution in [0.1, 0.15) is 6.92 Å². The molecule has 154 valence electrons. The number of carbonyl (C=O) groups excluding carboxylic acids is 3. The van der Waals surface area contributed by atoms with Crippen molar-refractivity contribution in [3.63, 3.8) is 0 Å². The second-order valence-corrected chi connectivity index (χ2v) is 7.57. The van der Waals surface area contributed by atoms with Crippen LogP contribution in [0.15, 0.2) is 58.1 Å². The average Bonchev–Trinajstić information content (AvgIpc) is 3.26. The summed E-state index contributed by atoms with van der Waals surface area (Å²) in [6.07, 6.45) is 0. The molecule has 0 radical (unpaired) electrons. The smallest absolute Gasteiger partial charge is 0.355 e. The highest BCUT2D eigenvalue weighted by molar-refractivity contribution is 9.10. The van der Waals surface area contributed by atoms with Gasteiger partial charge in [-0.2, -0.15) is 5.10 Å². The zero-order valence-electron chi connectivity index (χ0n) is 16.2. The van der Waals surface area contributed by atoms with Gasteiger partial charge in [0.15, 0.2) is 5.71 Å². The lowest BCUT2D eigenvalue weighted by atomic mass is 9.98. The molecule has 2 aromatic rings. The lowest BCUT2D eigenvalue weighted by Crippen LogP contribution is -2.39. The normalized spacial score (nSPS) is 20.3. The Morgan fingerprint density at radius 2 is 1.67 bits per heavy atom. The molecular formula is C21H18BrN3O5. The van der Waals surface area contributed by atoms with Crippen LogP contribution in [-0.4, -0.2) is 43.3 Å². The minimum Gasteiger partial charge on any atom is -0.497 e. The SMILES string of the molecule is CCOC(=O)C1=NN(c2ccc(OC)cc2)[C@@H]2C(=O)N(c3ccc(Br)cc3)C(=O)[C@H]12. The highest BCUT2D eigenvalue weighted by Crippen LogP contribution is 2.38. The Kier molecular flexibility index (Phi) is 5.29. The van der Waals surface area contributed by atoms with E-state index in [4.69, 9.17) is 9.47 Å². The van der Waals surface area contributed by atoms with Crippen molar-refractivity contribution in [3.8, 4) is 5.75 Å². The number of hydrogen-bond donors (Lipinski definition) is 0. The maximum atomic E-state index is 13.3. The number of ether oxygens (including phenoxy) is 2. The molecule has 2 heterocycles. The van der Waals surface area contributed by atoms with Crippen LogP contribution in [0.4, 0.5) is 11.4 Å². The van der Waals surface area contributed by atoms with Gasteiger partial charge in [-0.3, -0.25) is 14.6 Å². The van der Waals surface area contributed by atoms with Crippen molar-refractivity contribution in [1.82, 2.24) is 0 Å². The molecule has 30 heavy (non-hydrogen) atoms. The third kappa shape index (κ3) is 3.24. The summed E-state index contributed by atoms with van der Waals surface area (Å²) >= 11 is 3.34. The van der Waals surface area contributed by atoms with E-state index < -0.39 is 29.7 Å². The van der Waals surface area contributed by atoms with Crippen molar-refractivity contribution in [2.45, 2.75) is 13.0 Å². The molecule has 9 heteroatoms. The first-order valence-electron chi connectivity index (χ1n) is 9.28. The number of hydrazone groups is 1. The first-order valence-corrected chi connectivity index (χ1v) is 10.1. The molecule has 0 aliphatic carbocycles. The van der Waals surface area contributed by atoms with Gasteiger partial charge in [0.2, 0.25) is 5.91 Å². The molecule has 0 N–H and O–H groups in total. The van der Waals surface area contributed by atoms with Crippen LogP contribution in [0.5, 0.6) is 5.75 Å². The van der Waals surface area contributed by atoms with Crippen LogP contribution in [0.25, 0.3) is 0 Å². The van der Waals surface area contributed by atoms with E-state index in [0.29, 0.717) is 17.1 Å². The summed E-state index contributed by atoms with van der Waals surface area (Å²) < 4.78 is 11.1. The highest BCUT2D eigenvalue weighted by Gasteiger charge is 2.59. The van der Waals surface area contributed by atoms with Gasteiger partial charge < -0.3 is 9.47 Å². The molecule has 1 saturated heterocycles. The van der Waals surface area contributed by atoms with E-state index in [-0.39, 0.29) is 12.3 Å². The van der Waals surface area contributed by atoms with Crippen LogP contribution < -0.4 is 14.6 Å². The van der Waals surface area contributed by atoms with Gasteiger partial charge in [-0.1, -0.05) is 15.9 Å². The Morgan fingerprint density at radius 1 is 1.03 bits per heavy atom. The molecule has 2 amide bonds. The largest absolute Gasteiger partial charge is 0.497 e. The van der Waals surface area contributed by atoms with E-state index in [1.54, 1.807) is 62.6 Å². The second-order valence-electron chi connectivity index (χ2n) is 6.66. The number of amides is 2. The van der Waals surface area contributed by atoms with Crippen LogP contribution >= 0.6 is 15.9 Å². The van der Waals surface area contributed by atoms with Crippen LogP contribution in [0, 0.1) is 5.92 Å². The van der Waals surface area contributed by atoms with Gasteiger partial charge in [0.05, 0.1) is 25.1 Å². The van der Waals surface area contributed by atoms with Crippen LogP contribution in [0.3, 0.4) is 0 Å². The summed E-state index contributed by atoms with van der Waals surface area (Å²) in [5.74, 6) is -2.07. The van der Waals surface area contributed by atoms with E-state index in [1.165, 1.54) is 5.01 Å². The molecule has 2 aromatic carbocycles. The van der Waals surface area contributed by atoms with Gasteiger partial charge in [0.25, 0.3) is 5.91 Å². The maximum Gasteiger partial charge on any atom is 0.355 e. The molecular weight excluding hydrogens is 454 g/mol. The molecule has 0 aromatic heterocycles. The first kappa shape index (κ1) is 20.1. The number of imide groups is 1. The summed E-state index contributed by atoms with van der Waals surface area (Å²) in [5, 5.41) is 5.73. The predicted molar refractivity (Wildman–Crippen MR) is 113 cm³/mol. The topological polar surface area (TPSA) is 88.5 Å². The number of halogens is 1. The Bertz CT molecular complexity index is 1040. The molecule has 0 spiro atoms. The Labute approximate surface area is 181 Å². The molecule has 0 unspecified atom stereocenters. The van der Waals surface area contributed by atoms with E-state index in [0.717, 1.165) is 9.37 Å². The number of fused-ring (bicyclic) bond motifs is 1. The molecule has 0 bridgehead atoms. The van der Waals surface area contributed by atoms with Gasteiger partial charge in [0, 0.05) is 4.47 Å². The second kappa shape index (κ2) is 7.91. The number of hydrogen-bond acceptors (Lipinski definition) is 7. The minimum atomic E-state index is -1.04. The van der Waals surface area contributed by atoms with Gasteiger partial charge in [-0.05, 0) is 55.5 Å². The molecule has 1 fully saturated rings. The number of rotatable bonds is 5. The number of carbonyl (C=O) groups is 3. The van der Waals surface area contributed by atoms with Crippen molar-refractivity contribution in [3.05, 3.63) is 53.0 Å². The quantitative estimate of drug-likeness (QED) is 0.492. The zero-order valence-corrected chi connectivity index (χ0v) is 17.8. The number of nitrogens with zero attached hydrogens (tertiary/aromatic N) is 3. The van der Waals surface area contributed by atoms with E-state index >= 15 is 0 Å². The molecule has 2 aliphatic heterocycles. The van der Waals surface area contributed by atoms with E-state index in [2.05, 4.69) is 21.0 Å². The number of methoxy groups -OCH3 is 1. The van der Waals surface area contributed by atoms with Crippen molar-refractivity contribution in [2.75, 3.05) is 23.6 Å². The Balaban J connectivity index is 1.77. The summed E-state index contributed by atoms with van der Waals surface area (Å²) in [6, 6.07) is 12.7. The Hall–Kier alpha value is -3.20. The van der Waals surface area contributed by atoms with Gasteiger partial charge >= 0.3 is 5.97 Å². The molecule has 2 aliphatic rings. The zero-order chi connectivity index (χ0) is 21.4. The fourth-order valence-electron chi connectivity index (χ4n) is 3.58. The molecule has 2 atom stereocenters. The standard InChI is InChI=1S/C21H18BrN3O5/c1-3-30-21(28)17-16-18(25(23-17)14-8-10-15(29-2)11-9-14)20(27)24(19(16)26)13-6-4-12(22)5-7-13/h4-11,16,18H,3H2,1-2H3/t16-,18+/m1/s1. The molecule has 0 saturated carbocycles. The van der Waals surface area contributed by atoms with Gasteiger partial charge in [-0.25, -0.2) is 9.69 Å². The first-order chi connectivity index (χ1) is 14.5. The molecule has 4 rings (SSSR count). The van der Waals surface area contributed by atoms with Crippen molar-refractivity contribution in [2.24, 2.45) is 11.0 Å². The third-order valence-corrected chi connectivity index (χ3v) is 5.48. The summed E-state index contributed by atoms with van der Waals surface area (Å²) in [7, 11) is 1.55. The fourth-order valence-corrected chi connectivity index (χ4v) is 3.85. The predicted octanol–water partition coefficient (Wildman–Crippen LogP) is 2.76. The highest BCUT2D eigenvalue weighted by atomic mass is 79.9. The van der Waals surface area contributed by atoms with E-state index in [1.807, 2.05) is 0 Å². The number of esters is 1. The lowest BCUT2D eigenvalue weighted by molar-refractivity contribution is -0.136. The maximum absolute atomic E-state index is 13.3. The molecule has 8 nitrogen and oxygen atoms in total. The average molecular weight is 472 g/mol. The summed E-state index contributed by atoms with van der Waals surface area (Å²) in [6.45, 7) is 1.80. The summed E-state index contributed by atoms with van der Waals surface area (Å²) in [5.41, 5.74) is 0.917. The van der Waals surface area contributed by atoms with Crippen molar-refractivity contribution in [1.29, 1.82) is 0 Å². The van der Waals surface area contributed by atoms with Crippen LogP contribution in [0.2, 0.25) is 0 Å².